The van der Waals surface area contributed by atoms with Gasteiger partial charge in [0.1, 0.15) is 23.1 Å². The van der Waals surface area contributed by atoms with Crippen LogP contribution in [0.1, 0.15) is 18.4 Å². The Morgan fingerprint density at radius 3 is 2.56 bits per heavy atom. The van der Waals surface area contributed by atoms with Crippen molar-refractivity contribution >= 4 is 62.9 Å². The third-order valence-corrected chi connectivity index (χ3v) is 8.44. The summed E-state index contributed by atoms with van der Waals surface area (Å²) in [4.78, 5) is 24.2. The zero-order valence-electron chi connectivity index (χ0n) is 24.6. The predicted octanol–water partition coefficient (Wildman–Crippen LogP) is 7.30. The molecule has 0 saturated carbocycles. The highest BCUT2D eigenvalue weighted by Gasteiger charge is 2.24. The number of benzene rings is 2. The second-order valence-corrected chi connectivity index (χ2v) is 11.2. The quantitative estimate of drug-likeness (QED) is 0.159. The third-order valence-electron chi connectivity index (χ3n) is 7.69. The molecule has 3 N–H and O–H groups in total. The number of pyridine rings is 2. The van der Waals surface area contributed by atoms with E-state index in [1.165, 1.54) is 6.08 Å². The van der Waals surface area contributed by atoms with Gasteiger partial charge in [-0.3, -0.25) is 4.79 Å². The van der Waals surface area contributed by atoms with Crippen molar-refractivity contribution in [3.63, 3.8) is 0 Å². The zero-order valence-corrected chi connectivity index (χ0v) is 26.1. The van der Waals surface area contributed by atoms with Crippen molar-refractivity contribution in [3.05, 3.63) is 70.9 Å². The van der Waals surface area contributed by atoms with Crippen molar-refractivity contribution in [2.75, 3.05) is 50.3 Å². The molecule has 1 atom stereocenters. The maximum absolute atomic E-state index is 12.1. The van der Waals surface area contributed by atoms with Crippen LogP contribution in [-0.2, 0) is 4.79 Å². The summed E-state index contributed by atoms with van der Waals surface area (Å²) in [5, 5.41) is 12.2. The monoisotopic (exact) mass is 620 g/mol. The SMILES string of the molecule is C=CC(=O)Nc1cccc(C)c1Nc1cc2c(NCC3CCCN3C)nc(-c3c(Cl)c(OC)cc(OC)c3Cl)cc2cn1. The maximum Gasteiger partial charge on any atom is 0.247 e. The summed E-state index contributed by atoms with van der Waals surface area (Å²) in [7, 11) is 5.22. The van der Waals surface area contributed by atoms with E-state index in [-0.39, 0.29) is 5.91 Å². The number of ether oxygens (including phenoxy) is 2. The number of hydrogen-bond donors (Lipinski definition) is 3. The van der Waals surface area contributed by atoms with Gasteiger partial charge in [0.15, 0.2) is 0 Å². The van der Waals surface area contributed by atoms with Gasteiger partial charge in [0, 0.05) is 41.2 Å². The Labute approximate surface area is 261 Å². The summed E-state index contributed by atoms with van der Waals surface area (Å²) >= 11 is 13.6. The average Bonchev–Trinajstić information content (AvgIpc) is 3.42. The van der Waals surface area contributed by atoms with Crippen LogP contribution in [0.2, 0.25) is 10.0 Å². The average molecular weight is 622 g/mol. The van der Waals surface area contributed by atoms with Crippen molar-refractivity contribution in [3.8, 4) is 22.8 Å². The molecule has 2 aromatic heterocycles. The molecule has 1 saturated heterocycles. The van der Waals surface area contributed by atoms with E-state index in [2.05, 4.69) is 34.5 Å². The number of anilines is 4. The van der Waals surface area contributed by atoms with Gasteiger partial charge in [-0.15, -0.1) is 0 Å². The molecule has 4 aromatic rings. The molecule has 0 aliphatic carbocycles. The van der Waals surface area contributed by atoms with E-state index < -0.39 is 0 Å². The Hall–Kier alpha value is -4.05. The number of aryl methyl sites for hydroxylation is 1. The molecule has 9 nitrogen and oxygen atoms in total. The number of para-hydroxylation sites is 1. The van der Waals surface area contributed by atoms with Crippen molar-refractivity contribution in [1.82, 2.24) is 14.9 Å². The Bertz CT molecular complexity index is 1670. The predicted molar refractivity (Wildman–Crippen MR) is 176 cm³/mol. The molecule has 5 rings (SSSR count). The smallest absolute Gasteiger partial charge is 0.247 e. The van der Waals surface area contributed by atoms with Crippen LogP contribution in [0.15, 0.2) is 55.3 Å². The van der Waals surface area contributed by atoms with Crippen LogP contribution in [0.25, 0.3) is 22.0 Å². The van der Waals surface area contributed by atoms with Gasteiger partial charge in [0.05, 0.1) is 41.3 Å². The van der Waals surface area contributed by atoms with Gasteiger partial charge in [0.25, 0.3) is 0 Å². The highest BCUT2D eigenvalue weighted by Crippen LogP contribution is 2.46. The third kappa shape index (κ3) is 6.34. The molecule has 1 amide bonds. The first-order valence-corrected chi connectivity index (χ1v) is 14.6. The van der Waals surface area contributed by atoms with E-state index in [1.807, 2.05) is 37.3 Å². The molecule has 2 aromatic carbocycles. The fraction of sp³-hybridized carbons (Fsp3) is 0.281. The lowest BCUT2D eigenvalue weighted by atomic mass is 10.1. The number of rotatable bonds is 10. The van der Waals surface area contributed by atoms with Crippen LogP contribution in [0.4, 0.5) is 23.0 Å². The van der Waals surface area contributed by atoms with E-state index in [0.29, 0.717) is 62.7 Å². The number of methoxy groups -OCH3 is 2. The molecular formula is C32H34Cl2N6O3. The van der Waals surface area contributed by atoms with E-state index in [4.69, 9.17) is 42.6 Å². The summed E-state index contributed by atoms with van der Waals surface area (Å²) < 4.78 is 11.0. The molecule has 1 aliphatic heterocycles. The van der Waals surface area contributed by atoms with Crippen molar-refractivity contribution in [1.29, 1.82) is 0 Å². The van der Waals surface area contributed by atoms with Crippen LogP contribution >= 0.6 is 23.2 Å². The van der Waals surface area contributed by atoms with Gasteiger partial charge in [-0.1, -0.05) is 41.9 Å². The molecule has 224 valence electrons. The van der Waals surface area contributed by atoms with Crippen LogP contribution in [0, 0.1) is 6.92 Å². The number of hydrogen-bond acceptors (Lipinski definition) is 8. The van der Waals surface area contributed by atoms with Gasteiger partial charge in [-0.05, 0) is 63.2 Å². The summed E-state index contributed by atoms with van der Waals surface area (Å²) in [6, 6.07) is 11.5. The number of fused-ring (bicyclic) bond motifs is 1. The summed E-state index contributed by atoms with van der Waals surface area (Å²) in [5.41, 5.74) is 3.36. The van der Waals surface area contributed by atoms with E-state index >= 15 is 0 Å². The second kappa shape index (κ2) is 13.1. The van der Waals surface area contributed by atoms with Gasteiger partial charge in [-0.25, -0.2) is 9.97 Å². The van der Waals surface area contributed by atoms with Gasteiger partial charge in [-0.2, -0.15) is 0 Å². The van der Waals surface area contributed by atoms with Crippen LogP contribution in [0.3, 0.4) is 0 Å². The molecule has 43 heavy (non-hydrogen) atoms. The van der Waals surface area contributed by atoms with Crippen molar-refractivity contribution in [2.45, 2.75) is 25.8 Å². The van der Waals surface area contributed by atoms with E-state index in [1.54, 1.807) is 26.5 Å². The molecular weight excluding hydrogens is 587 g/mol. The van der Waals surface area contributed by atoms with Crippen LogP contribution < -0.4 is 25.4 Å². The van der Waals surface area contributed by atoms with E-state index in [0.717, 1.165) is 41.4 Å². The highest BCUT2D eigenvalue weighted by atomic mass is 35.5. The highest BCUT2D eigenvalue weighted by molar-refractivity contribution is 6.41. The van der Waals surface area contributed by atoms with Crippen molar-refractivity contribution < 1.29 is 14.3 Å². The molecule has 3 heterocycles. The second-order valence-electron chi connectivity index (χ2n) is 10.4. The van der Waals surface area contributed by atoms with Gasteiger partial charge >= 0.3 is 0 Å². The number of likely N-dealkylation sites (N-methyl/N-ethyl adjacent to an activating group) is 1. The molecule has 1 fully saturated rings. The number of carbonyl (C=O) groups is 1. The lowest BCUT2D eigenvalue weighted by Crippen LogP contribution is -2.31. The van der Waals surface area contributed by atoms with Crippen LogP contribution in [-0.4, -0.2) is 61.2 Å². The molecule has 1 aliphatic rings. The number of nitrogens with one attached hydrogen (secondary N) is 3. The van der Waals surface area contributed by atoms with Crippen molar-refractivity contribution in [2.24, 2.45) is 0 Å². The lowest BCUT2D eigenvalue weighted by molar-refractivity contribution is -0.111. The minimum absolute atomic E-state index is 0.299. The minimum atomic E-state index is -0.299. The lowest BCUT2D eigenvalue weighted by Gasteiger charge is -2.21. The fourth-order valence-corrected chi connectivity index (χ4v) is 5.98. The summed E-state index contributed by atoms with van der Waals surface area (Å²) in [5.74, 6) is 1.81. The number of likely N-dealkylation sites (tertiary alicyclic amines) is 1. The first kappa shape index (κ1) is 30.4. The molecule has 11 heteroatoms. The van der Waals surface area contributed by atoms with Gasteiger partial charge in [0.2, 0.25) is 5.91 Å². The van der Waals surface area contributed by atoms with E-state index in [9.17, 15) is 4.79 Å². The molecule has 0 bridgehead atoms. The first-order chi connectivity index (χ1) is 20.7. The fourth-order valence-electron chi connectivity index (χ4n) is 5.29. The number of aromatic nitrogens is 2. The standard InChI is InChI=1S/C32H34Cl2N6O3/c1-6-27(41)37-22-11-7-9-18(2)31(22)39-26-14-21-19(16-35-26)13-23(38-32(21)36-17-20-10-8-12-40(20)3)28-29(33)24(42-4)15-25(43-5)30(28)34/h6-7,9,11,13-16,20H,1,8,10,12,17H2,2-5H3,(H,35,39)(H,36,38)(H,37,41). The maximum atomic E-state index is 12.1. The van der Waals surface area contributed by atoms with Gasteiger partial charge < -0.3 is 30.3 Å². The minimum Gasteiger partial charge on any atom is -0.495 e. The Balaban J connectivity index is 1.61. The Morgan fingerprint density at radius 1 is 1.16 bits per heavy atom. The number of nitrogens with zero attached hydrogens (tertiary/aromatic N) is 3. The number of carbonyl (C=O) groups excluding carboxylic acids is 1. The Morgan fingerprint density at radius 2 is 1.91 bits per heavy atom. The van der Waals surface area contributed by atoms with Crippen LogP contribution in [0.5, 0.6) is 11.5 Å². The summed E-state index contributed by atoms with van der Waals surface area (Å²) in [6.45, 7) is 7.29. The zero-order chi connectivity index (χ0) is 30.7. The largest absolute Gasteiger partial charge is 0.495 e. The Kier molecular flexibility index (Phi) is 9.25. The molecule has 0 spiro atoms. The summed E-state index contributed by atoms with van der Waals surface area (Å²) in [6.07, 6.45) is 5.27. The molecule has 0 radical (unpaired) electrons. The normalized spacial score (nSPS) is 14.9. The molecule has 1 unspecified atom stereocenters. The first-order valence-electron chi connectivity index (χ1n) is 13.9. The number of halogens is 2. The topological polar surface area (TPSA) is 101 Å². The number of amides is 1.